The third-order valence-corrected chi connectivity index (χ3v) is 1.66. The Balaban J connectivity index is 3.41. The molecule has 0 aromatic rings. The number of aliphatic hydroxyl groups is 1. The minimum absolute atomic E-state index is 0.112. The highest BCUT2D eigenvalue weighted by atomic mass is 16.5. The van der Waals surface area contributed by atoms with Crippen molar-refractivity contribution in [3.05, 3.63) is 0 Å². The van der Waals surface area contributed by atoms with Crippen molar-refractivity contribution in [2.45, 2.75) is 38.9 Å². The van der Waals surface area contributed by atoms with Crippen molar-refractivity contribution in [3.63, 3.8) is 0 Å². The summed E-state index contributed by atoms with van der Waals surface area (Å²) in [6.45, 7) is 3.73. The number of hydrogen-bond acceptors (Lipinski definition) is 4. The van der Waals surface area contributed by atoms with Gasteiger partial charge in [-0.3, -0.25) is 4.79 Å². The van der Waals surface area contributed by atoms with Crippen LogP contribution < -0.4 is 0 Å². The fourth-order valence-corrected chi connectivity index (χ4v) is 0.720. The molecule has 0 radical (unpaired) electrons. The van der Waals surface area contributed by atoms with E-state index in [-0.39, 0.29) is 25.1 Å². The molecule has 0 amide bonds. The Morgan fingerprint density at radius 2 is 2.08 bits per heavy atom. The number of methoxy groups -OCH3 is 1. The van der Waals surface area contributed by atoms with Crippen LogP contribution in [-0.4, -0.2) is 37.0 Å². The highest BCUT2D eigenvalue weighted by Crippen LogP contribution is 1.99. The largest absolute Gasteiger partial charge is 0.466 e. The van der Waals surface area contributed by atoms with Gasteiger partial charge >= 0.3 is 5.97 Å². The first-order valence-electron chi connectivity index (χ1n) is 4.42. The minimum atomic E-state index is -0.423. The average Bonchev–Trinajstić information content (AvgIpc) is 2.03. The van der Waals surface area contributed by atoms with Gasteiger partial charge in [0.05, 0.1) is 25.2 Å². The molecule has 0 aliphatic carbocycles. The van der Waals surface area contributed by atoms with Crippen LogP contribution in [0.25, 0.3) is 0 Å². The smallest absolute Gasteiger partial charge is 0.308 e. The number of hydrogen-bond donors (Lipinski definition) is 1. The molecule has 4 nitrogen and oxygen atoms in total. The van der Waals surface area contributed by atoms with Crippen molar-refractivity contribution in [1.29, 1.82) is 0 Å². The van der Waals surface area contributed by atoms with Gasteiger partial charge in [-0.05, 0) is 13.8 Å². The maximum atomic E-state index is 11.0. The van der Waals surface area contributed by atoms with E-state index in [1.54, 1.807) is 21.0 Å². The van der Waals surface area contributed by atoms with Gasteiger partial charge in [-0.25, -0.2) is 0 Å². The normalized spacial score (nSPS) is 15.1. The first-order chi connectivity index (χ1) is 6.06. The lowest BCUT2D eigenvalue weighted by Gasteiger charge is -2.09. The van der Waals surface area contributed by atoms with E-state index in [4.69, 9.17) is 14.6 Å². The molecule has 13 heavy (non-hydrogen) atoms. The van der Waals surface area contributed by atoms with Crippen molar-refractivity contribution in [1.82, 2.24) is 0 Å². The number of rotatable bonds is 6. The fourth-order valence-electron chi connectivity index (χ4n) is 0.720. The third-order valence-electron chi connectivity index (χ3n) is 1.66. The molecule has 78 valence electrons. The quantitative estimate of drug-likeness (QED) is 0.627. The molecule has 0 heterocycles. The Hall–Kier alpha value is -0.610. The summed E-state index contributed by atoms with van der Waals surface area (Å²) in [6.07, 6.45) is 0.204. The maximum absolute atomic E-state index is 11.0. The van der Waals surface area contributed by atoms with Gasteiger partial charge in [0.25, 0.3) is 0 Å². The van der Waals surface area contributed by atoms with Crippen molar-refractivity contribution in [2.75, 3.05) is 13.7 Å². The van der Waals surface area contributed by atoms with Gasteiger partial charge in [-0.1, -0.05) is 0 Å². The van der Waals surface area contributed by atoms with E-state index in [2.05, 4.69) is 0 Å². The van der Waals surface area contributed by atoms with E-state index >= 15 is 0 Å². The van der Waals surface area contributed by atoms with E-state index in [9.17, 15) is 4.79 Å². The lowest BCUT2D eigenvalue weighted by atomic mass is 10.3. The van der Waals surface area contributed by atoms with Crippen LogP contribution in [0.4, 0.5) is 0 Å². The van der Waals surface area contributed by atoms with Gasteiger partial charge in [0.1, 0.15) is 0 Å². The molecule has 0 rings (SSSR count). The van der Waals surface area contributed by atoms with Gasteiger partial charge < -0.3 is 14.6 Å². The van der Waals surface area contributed by atoms with Crippen LogP contribution in [0.5, 0.6) is 0 Å². The zero-order chi connectivity index (χ0) is 10.3. The van der Waals surface area contributed by atoms with Crippen LogP contribution >= 0.6 is 0 Å². The monoisotopic (exact) mass is 190 g/mol. The summed E-state index contributed by atoms with van der Waals surface area (Å²) >= 11 is 0. The molecule has 4 heteroatoms. The van der Waals surface area contributed by atoms with Crippen molar-refractivity contribution in [2.24, 2.45) is 0 Å². The lowest BCUT2D eigenvalue weighted by Crippen LogP contribution is -2.16. The predicted molar refractivity (Wildman–Crippen MR) is 48.3 cm³/mol. The van der Waals surface area contributed by atoms with E-state index in [1.165, 1.54) is 0 Å². The summed E-state index contributed by atoms with van der Waals surface area (Å²) < 4.78 is 9.74. The summed E-state index contributed by atoms with van der Waals surface area (Å²) in [7, 11) is 1.55. The van der Waals surface area contributed by atoms with Gasteiger partial charge in [0, 0.05) is 13.5 Å². The van der Waals surface area contributed by atoms with Crippen LogP contribution in [0.15, 0.2) is 0 Å². The molecule has 0 saturated carbocycles. The highest BCUT2D eigenvalue weighted by molar-refractivity contribution is 5.69. The summed E-state index contributed by atoms with van der Waals surface area (Å²) in [5.41, 5.74) is 0. The molecule has 0 spiro atoms. The number of aliphatic hydroxyl groups excluding tert-OH is 1. The molecule has 0 aromatic heterocycles. The summed E-state index contributed by atoms with van der Waals surface area (Å²) in [4.78, 5) is 11.0. The number of esters is 1. The highest BCUT2D eigenvalue weighted by Gasteiger charge is 2.09. The van der Waals surface area contributed by atoms with Crippen molar-refractivity contribution in [3.8, 4) is 0 Å². The number of carbonyl (C=O) groups excluding carboxylic acids is 1. The Kier molecular flexibility index (Phi) is 6.54. The molecular weight excluding hydrogens is 172 g/mol. The topological polar surface area (TPSA) is 55.8 Å². The molecule has 1 N–H and O–H groups in total. The maximum Gasteiger partial charge on any atom is 0.308 e. The molecule has 0 bridgehead atoms. The van der Waals surface area contributed by atoms with Crippen molar-refractivity contribution >= 4 is 5.97 Å². The molecule has 0 aromatic carbocycles. The Labute approximate surface area is 78.8 Å². The molecule has 0 saturated heterocycles. The Morgan fingerprint density at radius 3 is 2.54 bits per heavy atom. The predicted octanol–water partition coefficient (Wildman–Crippen LogP) is 0.726. The number of ether oxygens (including phenoxy) is 2. The summed E-state index contributed by atoms with van der Waals surface area (Å²) in [5, 5.41) is 8.88. The minimum Gasteiger partial charge on any atom is -0.466 e. The second-order valence-corrected chi connectivity index (χ2v) is 3.11. The zero-order valence-corrected chi connectivity index (χ0v) is 8.45. The third kappa shape index (κ3) is 7.74. The summed E-state index contributed by atoms with van der Waals surface area (Å²) in [5.74, 6) is -0.282. The number of carbonyl (C=O) groups is 1. The Morgan fingerprint density at radius 1 is 1.46 bits per heavy atom. The molecule has 0 aliphatic rings. The van der Waals surface area contributed by atoms with Crippen LogP contribution in [0, 0.1) is 0 Å². The molecular formula is C9H18O4. The standard InChI is InChI=1S/C9H18O4/c1-7(10)4-5-13-9(11)6-8(2)12-3/h7-8,10H,4-6H2,1-3H3/t7-,8?/m1/s1. The fraction of sp³-hybridized carbons (Fsp3) is 0.889. The van der Waals surface area contributed by atoms with Gasteiger partial charge in [-0.2, -0.15) is 0 Å². The van der Waals surface area contributed by atoms with E-state index in [0.29, 0.717) is 6.42 Å². The molecule has 0 fully saturated rings. The second-order valence-electron chi connectivity index (χ2n) is 3.11. The average molecular weight is 190 g/mol. The SMILES string of the molecule is COC(C)CC(=O)OCC[C@@H](C)O. The summed E-state index contributed by atoms with van der Waals surface area (Å²) in [6, 6.07) is 0. The van der Waals surface area contributed by atoms with Gasteiger partial charge in [0.15, 0.2) is 0 Å². The van der Waals surface area contributed by atoms with Gasteiger partial charge in [0.2, 0.25) is 0 Å². The first-order valence-corrected chi connectivity index (χ1v) is 4.42. The zero-order valence-electron chi connectivity index (χ0n) is 8.45. The van der Waals surface area contributed by atoms with Crippen molar-refractivity contribution < 1.29 is 19.4 Å². The molecule has 1 unspecified atom stereocenters. The van der Waals surface area contributed by atoms with E-state index in [1.807, 2.05) is 0 Å². The van der Waals surface area contributed by atoms with Crippen LogP contribution in [0.1, 0.15) is 26.7 Å². The second kappa shape index (κ2) is 6.86. The Bertz CT molecular complexity index is 145. The molecule has 0 aliphatic heterocycles. The molecule has 2 atom stereocenters. The van der Waals surface area contributed by atoms with Gasteiger partial charge in [-0.15, -0.1) is 0 Å². The van der Waals surface area contributed by atoms with Crippen LogP contribution in [-0.2, 0) is 14.3 Å². The first kappa shape index (κ1) is 12.4. The van der Waals surface area contributed by atoms with E-state index < -0.39 is 6.10 Å². The van der Waals surface area contributed by atoms with Crippen LogP contribution in [0.3, 0.4) is 0 Å². The lowest BCUT2D eigenvalue weighted by molar-refractivity contribution is -0.146. The van der Waals surface area contributed by atoms with Crippen LogP contribution in [0.2, 0.25) is 0 Å². The van der Waals surface area contributed by atoms with E-state index in [0.717, 1.165) is 0 Å².